The molecule has 2 unspecified atom stereocenters. The van der Waals surface area contributed by atoms with Crippen molar-refractivity contribution in [3.05, 3.63) is 11.9 Å². The van der Waals surface area contributed by atoms with Gasteiger partial charge in [0.15, 0.2) is 0 Å². The monoisotopic (exact) mass is 462 g/mol. The Morgan fingerprint density at radius 3 is 1.73 bits per heavy atom. The number of aromatic nitrogens is 3. The molecule has 2 bridgehead atoms. The van der Waals surface area contributed by atoms with Crippen LogP contribution >= 0.6 is 0 Å². The minimum Gasteiger partial charge on any atom is -0.355 e. The number of aryl methyl sites for hydroxylation is 1. The summed E-state index contributed by atoms with van der Waals surface area (Å²) in [5.74, 6) is -0.540. The molecule has 3 fully saturated rings. The molecule has 4 heterocycles. The number of hydrogen-bond acceptors (Lipinski definition) is 7. The lowest BCUT2D eigenvalue weighted by atomic mass is 9.69. The molecule has 33 heavy (non-hydrogen) atoms. The maximum absolute atomic E-state index is 13.0. The SMILES string of the molecule is CC(=O)NCC1C[C@]2(NC(=O)Cc3cn(C)nn3)C[C@@H](CNC(C)=O)N1[C@@H](CNC(C)=O)C2. The number of carbonyl (C=O) groups excluding carboxylic acids is 4. The average molecular weight is 463 g/mol. The first kappa shape index (κ1) is 24.6. The van der Waals surface area contributed by atoms with E-state index < -0.39 is 5.54 Å². The Hall–Kier alpha value is -3.02. The zero-order chi connectivity index (χ0) is 24.2. The molecule has 0 saturated carbocycles. The van der Waals surface area contributed by atoms with Gasteiger partial charge in [-0.2, -0.15) is 0 Å². The number of nitrogens with one attached hydrogen (secondary N) is 4. The smallest absolute Gasteiger partial charge is 0.226 e. The van der Waals surface area contributed by atoms with Gasteiger partial charge in [-0.05, 0) is 19.3 Å². The molecule has 3 aliphatic heterocycles. The molecule has 3 aliphatic rings. The van der Waals surface area contributed by atoms with Crippen LogP contribution in [0.2, 0.25) is 0 Å². The topological polar surface area (TPSA) is 150 Å². The van der Waals surface area contributed by atoms with E-state index in [1.165, 1.54) is 20.8 Å². The van der Waals surface area contributed by atoms with Crippen LogP contribution in [-0.4, -0.2) is 86.8 Å². The third-order valence-electron chi connectivity index (χ3n) is 6.30. The van der Waals surface area contributed by atoms with Gasteiger partial charge in [-0.15, -0.1) is 5.10 Å². The van der Waals surface area contributed by atoms with Crippen molar-refractivity contribution in [3.8, 4) is 0 Å². The molecule has 12 nitrogen and oxygen atoms in total. The van der Waals surface area contributed by atoms with E-state index in [2.05, 4.69) is 36.5 Å². The van der Waals surface area contributed by atoms with Crippen LogP contribution in [0.1, 0.15) is 45.7 Å². The molecule has 1 aromatic rings. The van der Waals surface area contributed by atoms with Gasteiger partial charge in [0, 0.05) is 77.3 Å². The van der Waals surface area contributed by atoms with E-state index in [9.17, 15) is 19.2 Å². The maximum Gasteiger partial charge on any atom is 0.226 e. The van der Waals surface area contributed by atoms with Crippen molar-refractivity contribution in [1.29, 1.82) is 0 Å². The third-order valence-corrected chi connectivity index (χ3v) is 6.30. The van der Waals surface area contributed by atoms with E-state index in [-0.39, 0.29) is 48.2 Å². The second-order valence-corrected chi connectivity index (χ2v) is 9.22. The summed E-state index contributed by atoms with van der Waals surface area (Å²) >= 11 is 0. The van der Waals surface area contributed by atoms with Gasteiger partial charge in [-0.3, -0.25) is 28.8 Å². The second-order valence-electron chi connectivity index (χ2n) is 9.22. The first-order valence-electron chi connectivity index (χ1n) is 11.2. The summed E-state index contributed by atoms with van der Waals surface area (Å²) in [5, 5.41) is 19.8. The molecule has 3 saturated heterocycles. The van der Waals surface area contributed by atoms with E-state index >= 15 is 0 Å². The van der Waals surface area contributed by atoms with Gasteiger partial charge in [-0.25, -0.2) is 0 Å². The summed E-state index contributed by atoms with van der Waals surface area (Å²) in [4.78, 5) is 50.1. The zero-order valence-electron chi connectivity index (χ0n) is 19.7. The number of rotatable bonds is 9. The standard InChI is InChI=1S/C21H34N8O4/c1-13(30)22-9-17-6-21(25-20(33)5-16-12-28(4)27-26-16)7-18(10-23-14(2)31)29(17)19(8-21)11-24-15(3)32/h12,17-19H,5-11H2,1-4H3,(H,22,30)(H,23,31)(H,24,32)(H,25,33)/t17-,18+,19?,21-. The predicted octanol–water partition coefficient (Wildman–Crippen LogP) is -1.77. The molecule has 182 valence electrons. The predicted molar refractivity (Wildman–Crippen MR) is 119 cm³/mol. The highest BCUT2D eigenvalue weighted by Gasteiger charge is 2.54. The van der Waals surface area contributed by atoms with Crippen molar-refractivity contribution < 1.29 is 19.2 Å². The van der Waals surface area contributed by atoms with Crippen molar-refractivity contribution >= 4 is 23.6 Å². The van der Waals surface area contributed by atoms with Crippen molar-refractivity contribution in [2.24, 2.45) is 7.05 Å². The Kier molecular flexibility index (Phi) is 7.67. The van der Waals surface area contributed by atoms with Gasteiger partial charge in [0.2, 0.25) is 23.6 Å². The summed E-state index contributed by atoms with van der Waals surface area (Å²) in [7, 11) is 1.75. The number of fused-ring (bicyclic) bond motifs is 3. The van der Waals surface area contributed by atoms with E-state index in [1.807, 2.05) is 0 Å². The largest absolute Gasteiger partial charge is 0.355 e. The average Bonchev–Trinajstić information content (AvgIpc) is 3.13. The normalized spacial score (nSPS) is 28.1. The highest BCUT2D eigenvalue weighted by molar-refractivity contribution is 5.79. The van der Waals surface area contributed by atoms with Crippen LogP contribution in [0.15, 0.2) is 6.20 Å². The Balaban J connectivity index is 1.84. The fourth-order valence-corrected chi connectivity index (χ4v) is 5.26. The van der Waals surface area contributed by atoms with E-state index in [0.29, 0.717) is 44.6 Å². The number of nitrogens with zero attached hydrogens (tertiary/aromatic N) is 4. The van der Waals surface area contributed by atoms with Crippen molar-refractivity contribution in [1.82, 2.24) is 41.2 Å². The van der Waals surface area contributed by atoms with Crippen LogP contribution in [0.3, 0.4) is 0 Å². The van der Waals surface area contributed by atoms with Gasteiger partial charge < -0.3 is 21.3 Å². The van der Waals surface area contributed by atoms with Gasteiger partial charge >= 0.3 is 0 Å². The lowest BCUT2D eigenvalue weighted by Gasteiger charge is -2.60. The summed E-state index contributed by atoms with van der Waals surface area (Å²) in [6.07, 6.45) is 3.80. The Bertz CT molecular complexity index is 831. The van der Waals surface area contributed by atoms with Gasteiger partial charge in [0.25, 0.3) is 0 Å². The third kappa shape index (κ3) is 6.50. The highest BCUT2D eigenvalue weighted by Crippen LogP contribution is 2.43. The lowest BCUT2D eigenvalue weighted by molar-refractivity contribution is -0.132. The molecule has 5 atom stereocenters. The van der Waals surface area contributed by atoms with Crippen LogP contribution in [0.25, 0.3) is 0 Å². The number of piperidine rings is 3. The molecule has 1 aromatic heterocycles. The number of amides is 4. The quantitative estimate of drug-likeness (QED) is 0.339. The minimum absolute atomic E-state index is 0.0502. The highest BCUT2D eigenvalue weighted by atomic mass is 16.2. The van der Waals surface area contributed by atoms with E-state index in [0.717, 1.165) is 0 Å². The van der Waals surface area contributed by atoms with Crippen molar-refractivity contribution in [3.63, 3.8) is 0 Å². The number of hydrogen-bond donors (Lipinski definition) is 4. The van der Waals surface area contributed by atoms with Crippen molar-refractivity contribution in [2.75, 3.05) is 19.6 Å². The summed E-state index contributed by atoms with van der Waals surface area (Å²) in [6, 6.07) is -0.151. The van der Waals surface area contributed by atoms with E-state index in [1.54, 1.807) is 17.9 Å². The van der Waals surface area contributed by atoms with Gasteiger partial charge in [0.1, 0.15) is 0 Å². The Morgan fingerprint density at radius 2 is 1.36 bits per heavy atom. The molecule has 0 aliphatic carbocycles. The molecule has 0 aromatic carbocycles. The Labute approximate surface area is 193 Å². The Morgan fingerprint density at radius 1 is 0.909 bits per heavy atom. The van der Waals surface area contributed by atoms with Crippen LogP contribution in [0, 0.1) is 0 Å². The van der Waals surface area contributed by atoms with Crippen LogP contribution < -0.4 is 21.3 Å². The molecular weight excluding hydrogens is 428 g/mol. The second kappa shape index (κ2) is 10.3. The molecule has 4 N–H and O–H groups in total. The van der Waals surface area contributed by atoms with E-state index in [4.69, 9.17) is 0 Å². The molecule has 12 heteroatoms. The van der Waals surface area contributed by atoms with Crippen molar-refractivity contribution in [2.45, 2.75) is 70.1 Å². The molecule has 4 rings (SSSR count). The zero-order valence-corrected chi connectivity index (χ0v) is 19.7. The molecular formula is C21H34N8O4. The lowest BCUT2D eigenvalue weighted by Crippen LogP contribution is -2.75. The molecule has 4 amide bonds. The van der Waals surface area contributed by atoms with Crippen LogP contribution in [0.4, 0.5) is 0 Å². The summed E-state index contributed by atoms with van der Waals surface area (Å²) in [5.41, 5.74) is 0.0581. The molecule has 0 radical (unpaired) electrons. The fraction of sp³-hybridized carbons (Fsp3) is 0.714. The van der Waals surface area contributed by atoms with Gasteiger partial charge in [-0.1, -0.05) is 5.21 Å². The summed E-state index contributed by atoms with van der Waals surface area (Å²) < 4.78 is 1.55. The maximum atomic E-state index is 13.0. The fourth-order valence-electron chi connectivity index (χ4n) is 5.26. The summed E-state index contributed by atoms with van der Waals surface area (Å²) in [6.45, 7) is 5.67. The molecule has 0 spiro atoms. The van der Waals surface area contributed by atoms with Gasteiger partial charge in [0.05, 0.1) is 12.1 Å². The first-order chi connectivity index (χ1) is 15.6. The first-order valence-corrected chi connectivity index (χ1v) is 11.2. The van der Waals surface area contributed by atoms with Crippen LogP contribution in [-0.2, 0) is 32.6 Å². The van der Waals surface area contributed by atoms with Crippen LogP contribution in [0.5, 0.6) is 0 Å². The number of carbonyl (C=O) groups is 4. The minimum atomic E-state index is -0.524.